The third-order valence-corrected chi connectivity index (χ3v) is 4.36. The molecule has 1 aliphatic heterocycles. The van der Waals surface area contributed by atoms with Crippen LogP contribution in [0.3, 0.4) is 0 Å². The first-order chi connectivity index (χ1) is 9.16. The van der Waals surface area contributed by atoms with E-state index in [0.29, 0.717) is 13.1 Å². The molecular formula is C14H23ClN4O. The minimum atomic E-state index is -0.412. The Morgan fingerprint density at radius 2 is 2.15 bits per heavy atom. The summed E-state index contributed by atoms with van der Waals surface area (Å²) in [6, 6.07) is 0. The molecule has 0 spiro atoms. The molecule has 1 aromatic rings. The number of aromatic nitrogens is 2. The maximum Gasteiger partial charge on any atom is 0.230 e. The lowest BCUT2D eigenvalue weighted by molar-refractivity contribution is -0.143. The summed E-state index contributed by atoms with van der Waals surface area (Å²) in [6.45, 7) is 5.80. The molecule has 2 N–H and O–H groups in total. The third-order valence-electron chi connectivity index (χ3n) is 4.36. The highest BCUT2D eigenvalue weighted by molar-refractivity contribution is 5.85. The van der Waals surface area contributed by atoms with Gasteiger partial charge in [-0.25, -0.2) is 9.97 Å². The monoisotopic (exact) mass is 298 g/mol. The molecule has 5 nitrogen and oxygen atoms in total. The lowest BCUT2D eigenvalue weighted by atomic mass is 9.80. The molecule has 0 unspecified atom stereocenters. The molecule has 0 aliphatic carbocycles. The Morgan fingerprint density at radius 1 is 1.45 bits per heavy atom. The van der Waals surface area contributed by atoms with Crippen LogP contribution in [0.2, 0.25) is 0 Å². The molecule has 1 aromatic heterocycles. The first-order valence-electron chi connectivity index (χ1n) is 6.94. The molecule has 1 amide bonds. The van der Waals surface area contributed by atoms with E-state index in [4.69, 9.17) is 5.73 Å². The van der Waals surface area contributed by atoms with Crippen molar-refractivity contribution in [1.82, 2.24) is 14.9 Å². The normalized spacial score (nSPS) is 14.4. The number of rotatable bonds is 4. The molecule has 2 heterocycles. The highest BCUT2D eigenvalue weighted by Gasteiger charge is 2.37. The quantitative estimate of drug-likeness (QED) is 0.915. The van der Waals surface area contributed by atoms with E-state index in [1.807, 2.05) is 24.9 Å². The number of nitrogens with zero attached hydrogens (tertiary/aromatic N) is 3. The minimum absolute atomic E-state index is 0. The van der Waals surface area contributed by atoms with E-state index in [-0.39, 0.29) is 18.3 Å². The number of nitrogens with two attached hydrogens (primary N) is 1. The van der Waals surface area contributed by atoms with E-state index in [1.54, 1.807) is 6.33 Å². The lowest BCUT2D eigenvalue weighted by Crippen LogP contribution is -2.49. The lowest BCUT2D eigenvalue weighted by Gasteiger charge is -2.37. The molecule has 112 valence electrons. The molecule has 0 radical (unpaired) electrons. The highest BCUT2D eigenvalue weighted by atomic mass is 35.5. The molecule has 0 saturated heterocycles. The van der Waals surface area contributed by atoms with Gasteiger partial charge < -0.3 is 10.6 Å². The van der Waals surface area contributed by atoms with Crippen LogP contribution >= 0.6 is 12.4 Å². The van der Waals surface area contributed by atoms with Crippen molar-refractivity contribution in [2.45, 2.75) is 39.7 Å². The Labute approximate surface area is 126 Å². The second kappa shape index (κ2) is 6.99. The number of hydrogen-bond donors (Lipinski definition) is 1. The standard InChI is InChI=1S/C14H22N4O.ClH/c1-3-14(4-2,9-15)13(19)18-6-5-11-7-16-10-17-12(11)8-18;/h7,10H,3-6,8-9,15H2,1-2H3;1H. The fourth-order valence-electron chi connectivity index (χ4n) is 2.69. The van der Waals surface area contributed by atoms with Crippen LogP contribution in [-0.2, 0) is 17.8 Å². The van der Waals surface area contributed by atoms with Crippen LogP contribution in [0, 0.1) is 5.41 Å². The number of fused-ring (bicyclic) bond motifs is 1. The highest BCUT2D eigenvalue weighted by Crippen LogP contribution is 2.29. The minimum Gasteiger partial charge on any atom is -0.336 e. The van der Waals surface area contributed by atoms with Crippen molar-refractivity contribution < 1.29 is 4.79 Å². The van der Waals surface area contributed by atoms with Crippen LogP contribution < -0.4 is 5.73 Å². The van der Waals surface area contributed by atoms with Gasteiger partial charge in [0.15, 0.2) is 0 Å². The summed E-state index contributed by atoms with van der Waals surface area (Å²) in [5, 5.41) is 0. The molecule has 0 bridgehead atoms. The molecule has 6 heteroatoms. The third kappa shape index (κ3) is 2.94. The summed E-state index contributed by atoms with van der Waals surface area (Å²) >= 11 is 0. The average molecular weight is 299 g/mol. The summed E-state index contributed by atoms with van der Waals surface area (Å²) in [5.41, 5.74) is 7.56. The van der Waals surface area contributed by atoms with Crippen molar-refractivity contribution >= 4 is 18.3 Å². The van der Waals surface area contributed by atoms with E-state index in [2.05, 4.69) is 9.97 Å². The van der Waals surface area contributed by atoms with Crippen LogP contribution in [0.25, 0.3) is 0 Å². The summed E-state index contributed by atoms with van der Waals surface area (Å²) in [5.74, 6) is 0.171. The van der Waals surface area contributed by atoms with E-state index in [0.717, 1.165) is 37.1 Å². The van der Waals surface area contributed by atoms with Crippen molar-refractivity contribution in [3.63, 3.8) is 0 Å². The Kier molecular flexibility index (Phi) is 5.89. The molecule has 0 fully saturated rings. The molecule has 0 saturated carbocycles. The van der Waals surface area contributed by atoms with Crippen molar-refractivity contribution in [2.75, 3.05) is 13.1 Å². The molecule has 2 rings (SSSR count). The zero-order valence-corrected chi connectivity index (χ0v) is 12.9. The van der Waals surface area contributed by atoms with Gasteiger partial charge in [-0.1, -0.05) is 13.8 Å². The van der Waals surface area contributed by atoms with Crippen molar-refractivity contribution in [3.05, 3.63) is 23.8 Å². The van der Waals surface area contributed by atoms with Crippen LogP contribution in [0.5, 0.6) is 0 Å². The molecule has 20 heavy (non-hydrogen) atoms. The van der Waals surface area contributed by atoms with Crippen molar-refractivity contribution in [1.29, 1.82) is 0 Å². The number of carbonyl (C=O) groups is 1. The van der Waals surface area contributed by atoms with Crippen LogP contribution in [0.4, 0.5) is 0 Å². The van der Waals surface area contributed by atoms with Gasteiger partial charge in [0.2, 0.25) is 5.91 Å². The summed E-state index contributed by atoms with van der Waals surface area (Å²) in [7, 11) is 0. The first kappa shape index (κ1) is 16.9. The average Bonchev–Trinajstić information content (AvgIpc) is 2.49. The maximum atomic E-state index is 12.7. The summed E-state index contributed by atoms with van der Waals surface area (Å²) < 4.78 is 0. The second-order valence-electron chi connectivity index (χ2n) is 5.16. The van der Waals surface area contributed by atoms with Gasteiger partial charge in [-0.05, 0) is 24.8 Å². The zero-order chi connectivity index (χ0) is 13.9. The Bertz CT molecular complexity index is 454. The molecule has 0 aromatic carbocycles. The largest absolute Gasteiger partial charge is 0.336 e. The second-order valence-corrected chi connectivity index (χ2v) is 5.16. The Balaban J connectivity index is 0.00000200. The first-order valence-corrected chi connectivity index (χ1v) is 6.94. The van der Waals surface area contributed by atoms with Crippen molar-refractivity contribution in [3.8, 4) is 0 Å². The van der Waals surface area contributed by atoms with Gasteiger partial charge in [-0.3, -0.25) is 4.79 Å². The van der Waals surface area contributed by atoms with Gasteiger partial charge in [0, 0.05) is 19.3 Å². The van der Waals surface area contributed by atoms with Crippen LogP contribution in [0.15, 0.2) is 12.5 Å². The zero-order valence-electron chi connectivity index (χ0n) is 12.1. The maximum absolute atomic E-state index is 12.7. The van der Waals surface area contributed by atoms with Crippen LogP contribution in [-0.4, -0.2) is 33.9 Å². The smallest absolute Gasteiger partial charge is 0.230 e. The van der Waals surface area contributed by atoms with E-state index < -0.39 is 5.41 Å². The van der Waals surface area contributed by atoms with Gasteiger partial charge in [0.05, 0.1) is 17.7 Å². The summed E-state index contributed by atoms with van der Waals surface area (Å²) in [4.78, 5) is 22.9. The Hall–Kier alpha value is -1.20. The molecule has 0 atom stereocenters. The predicted molar refractivity (Wildman–Crippen MR) is 80.5 cm³/mol. The topological polar surface area (TPSA) is 72.1 Å². The predicted octanol–water partition coefficient (Wildman–Crippen LogP) is 1.55. The fraction of sp³-hybridized carbons (Fsp3) is 0.643. The van der Waals surface area contributed by atoms with E-state index in [1.165, 1.54) is 0 Å². The number of halogens is 1. The number of amides is 1. The van der Waals surface area contributed by atoms with Gasteiger partial charge in [-0.15, -0.1) is 12.4 Å². The summed E-state index contributed by atoms with van der Waals surface area (Å²) in [6.07, 6.45) is 5.79. The fourth-order valence-corrected chi connectivity index (χ4v) is 2.69. The van der Waals surface area contributed by atoms with E-state index >= 15 is 0 Å². The Morgan fingerprint density at radius 3 is 2.75 bits per heavy atom. The van der Waals surface area contributed by atoms with Crippen molar-refractivity contribution in [2.24, 2.45) is 11.1 Å². The van der Waals surface area contributed by atoms with Crippen LogP contribution in [0.1, 0.15) is 37.9 Å². The van der Waals surface area contributed by atoms with Gasteiger partial charge >= 0.3 is 0 Å². The van der Waals surface area contributed by atoms with Gasteiger partial charge in [0.1, 0.15) is 6.33 Å². The molecular weight excluding hydrogens is 276 g/mol. The van der Waals surface area contributed by atoms with Gasteiger partial charge in [0.25, 0.3) is 0 Å². The SMILES string of the molecule is CCC(CC)(CN)C(=O)N1CCc2cncnc2C1.Cl. The number of carbonyl (C=O) groups excluding carboxylic acids is 1. The van der Waals surface area contributed by atoms with Gasteiger partial charge in [-0.2, -0.15) is 0 Å². The molecule has 1 aliphatic rings. The number of hydrogen-bond acceptors (Lipinski definition) is 4. The van der Waals surface area contributed by atoms with E-state index in [9.17, 15) is 4.79 Å².